The van der Waals surface area contributed by atoms with Crippen LogP contribution in [-0.4, -0.2) is 24.0 Å². The fraction of sp³-hybridized carbons (Fsp3) is 0.562. The van der Waals surface area contributed by atoms with Gasteiger partial charge in [0.2, 0.25) is 0 Å². The summed E-state index contributed by atoms with van der Waals surface area (Å²) in [5, 5.41) is 12.4. The molecular weight excluding hydrogens is 234 g/mol. The Kier molecular flexibility index (Phi) is 3.82. The SMILES string of the molecule is N#CCCN(C1CC1)C1CCNCc2ccccc21. The molecule has 3 rings (SSSR count). The third kappa shape index (κ3) is 2.80. The summed E-state index contributed by atoms with van der Waals surface area (Å²) in [6.07, 6.45) is 4.40. The van der Waals surface area contributed by atoms with Gasteiger partial charge >= 0.3 is 0 Å². The molecular formula is C16H21N3. The highest BCUT2D eigenvalue weighted by molar-refractivity contribution is 5.31. The second kappa shape index (κ2) is 5.73. The zero-order chi connectivity index (χ0) is 13.1. The highest BCUT2D eigenvalue weighted by atomic mass is 15.2. The molecule has 1 atom stereocenters. The molecule has 3 heteroatoms. The smallest absolute Gasteiger partial charge is 0.0635 e. The summed E-state index contributed by atoms with van der Waals surface area (Å²) in [5.41, 5.74) is 2.89. The van der Waals surface area contributed by atoms with Crippen molar-refractivity contribution in [1.29, 1.82) is 5.26 Å². The van der Waals surface area contributed by atoms with Crippen LogP contribution < -0.4 is 5.32 Å². The van der Waals surface area contributed by atoms with Gasteiger partial charge in [0.15, 0.2) is 0 Å². The summed E-state index contributed by atoms with van der Waals surface area (Å²) in [5.74, 6) is 0. The normalized spacial score (nSPS) is 22.6. The lowest BCUT2D eigenvalue weighted by Crippen LogP contribution is -2.32. The van der Waals surface area contributed by atoms with Crippen LogP contribution in [0.25, 0.3) is 0 Å². The second-order valence-corrected chi connectivity index (χ2v) is 5.56. The summed E-state index contributed by atoms with van der Waals surface area (Å²) in [4.78, 5) is 2.58. The fourth-order valence-corrected chi connectivity index (χ4v) is 3.16. The van der Waals surface area contributed by atoms with Crippen molar-refractivity contribution in [3.63, 3.8) is 0 Å². The first-order valence-electron chi connectivity index (χ1n) is 7.31. The molecule has 100 valence electrons. The predicted octanol–water partition coefficient (Wildman–Crippen LogP) is 2.60. The lowest BCUT2D eigenvalue weighted by Gasteiger charge is -2.31. The lowest BCUT2D eigenvalue weighted by molar-refractivity contribution is 0.183. The van der Waals surface area contributed by atoms with Crippen LogP contribution in [0.15, 0.2) is 24.3 Å². The van der Waals surface area contributed by atoms with E-state index >= 15 is 0 Å². The minimum atomic E-state index is 0.493. The molecule has 0 amide bonds. The molecule has 1 aromatic carbocycles. The van der Waals surface area contributed by atoms with Crippen molar-refractivity contribution in [2.75, 3.05) is 13.1 Å². The van der Waals surface area contributed by atoms with Crippen LogP contribution in [-0.2, 0) is 6.54 Å². The molecule has 19 heavy (non-hydrogen) atoms. The third-order valence-electron chi connectivity index (χ3n) is 4.22. The number of nitrogens with one attached hydrogen (secondary N) is 1. The van der Waals surface area contributed by atoms with E-state index in [1.165, 1.54) is 24.0 Å². The van der Waals surface area contributed by atoms with Gasteiger partial charge in [0, 0.05) is 31.6 Å². The molecule has 1 unspecified atom stereocenters. The zero-order valence-electron chi connectivity index (χ0n) is 11.3. The van der Waals surface area contributed by atoms with E-state index in [0.717, 1.165) is 26.1 Å². The Hall–Kier alpha value is -1.37. The standard InChI is InChI=1S/C16H21N3/c17-9-3-11-19(14-6-7-14)16-8-10-18-12-13-4-1-2-5-15(13)16/h1-2,4-5,14,16,18H,3,6-8,10-12H2. The maximum atomic E-state index is 8.88. The summed E-state index contributed by atoms with van der Waals surface area (Å²) >= 11 is 0. The molecule has 0 bridgehead atoms. The minimum Gasteiger partial charge on any atom is -0.313 e. The van der Waals surface area contributed by atoms with Gasteiger partial charge in [0.1, 0.15) is 0 Å². The first-order valence-corrected chi connectivity index (χ1v) is 7.31. The molecule has 0 spiro atoms. The van der Waals surface area contributed by atoms with Gasteiger partial charge in [-0.2, -0.15) is 5.26 Å². The number of hydrogen-bond acceptors (Lipinski definition) is 3. The Labute approximate surface area is 115 Å². The van der Waals surface area contributed by atoms with Crippen molar-refractivity contribution in [2.45, 2.75) is 44.3 Å². The van der Waals surface area contributed by atoms with E-state index in [0.29, 0.717) is 18.5 Å². The topological polar surface area (TPSA) is 39.1 Å². The Bertz CT molecular complexity index is 473. The van der Waals surface area contributed by atoms with Gasteiger partial charge in [-0.3, -0.25) is 4.90 Å². The first-order chi connectivity index (χ1) is 9.40. The van der Waals surface area contributed by atoms with Crippen molar-refractivity contribution < 1.29 is 0 Å². The monoisotopic (exact) mass is 255 g/mol. The van der Waals surface area contributed by atoms with E-state index in [-0.39, 0.29) is 0 Å². The van der Waals surface area contributed by atoms with Crippen LogP contribution in [0.4, 0.5) is 0 Å². The molecule has 1 saturated carbocycles. The molecule has 0 radical (unpaired) electrons. The Morgan fingerprint density at radius 3 is 2.89 bits per heavy atom. The summed E-state index contributed by atoms with van der Waals surface area (Å²) in [7, 11) is 0. The molecule has 1 heterocycles. The molecule has 1 aliphatic heterocycles. The quantitative estimate of drug-likeness (QED) is 0.899. The van der Waals surface area contributed by atoms with E-state index < -0.39 is 0 Å². The number of rotatable bonds is 4. The predicted molar refractivity (Wildman–Crippen MR) is 75.5 cm³/mol. The fourth-order valence-electron chi connectivity index (χ4n) is 3.16. The minimum absolute atomic E-state index is 0.493. The van der Waals surface area contributed by atoms with Gasteiger partial charge in [-0.15, -0.1) is 0 Å². The molecule has 1 fully saturated rings. The Morgan fingerprint density at radius 1 is 1.26 bits per heavy atom. The lowest BCUT2D eigenvalue weighted by atomic mass is 9.97. The van der Waals surface area contributed by atoms with Crippen LogP contribution in [0.1, 0.15) is 42.9 Å². The number of fused-ring (bicyclic) bond motifs is 1. The number of nitriles is 1. The van der Waals surface area contributed by atoms with Crippen molar-refractivity contribution in [3.05, 3.63) is 35.4 Å². The van der Waals surface area contributed by atoms with Gasteiger partial charge in [-0.25, -0.2) is 0 Å². The van der Waals surface area contributed by atoms with Crippen LogP contribution in [0.3, 0.4) is 0 Å². The molecule has 0 aromatic heterocycles. The van der Waals surface area contributed by atoms with Crippen LogP contribution >= 0.6 is 0 Å². The maximum absolute atomic E-state index is 8.88. The Morgan fingerprint density at radius 2 is 2.11 bits per heavy atom. The number of nitrogens with zero attached hydrogens (tertiary/aromatic N) is 2. The van der Waals surface area contributed by atoms with E-state index in [4.69, 9.17) is 5.26 Å². The molecule has 1 aromatic rings. The van der Waals surface area contributed by atoms with E-state index in [1.54, 1.807) is 0 Å². The largest absolute Gasteiger partial charge is 0.313 e. The number of benzene rings is 1. The van der Waals surface area contributed by atoms with E-state index in [2.05, 4.69) is 40.6 Å². The number of hydrogen-bond donors (Lipinski definition) is 1. The molecule has 2 aliphatic rings. The first kappa shape index (κ1) is 12.7. The molecule has 3 nitrogen and oxygen atoms in total. The molecule has 1 aliphatic carbocycles. The third-order valence-corrected chi connectivity index (χ3v) is 4.22. The average molecular weight is 255 g/mol. The summed E-state index contributed by atoms with van der Waals surface area (Å²) < 4.78 is 0. The van der Waals surface area contributed by atoms with Gasteiger partial charge < -0.3 is 5.32 Å². The highest BCUT2D eigenvalue weighted by Crippen LogP contribution is 2.37. The van der Waals surface area contributed by atoms with Crippen molar-refractivity contribution in [1.82, 2.24) is 10.2 Å². The second-order valence-electron chi connectivity index (χ2n) is 5.56. The summed E-state index contributed by atoms with van der Waals surface area (Å²) in [6.45, 7) is 2.96. The van der Waals surface area contributed by atoms with E-state index in [1.807, 2.05) is 0 Å². The van der Waals surface area contributed by atoms with E-state index in [9.17, 15) is 0 Å². The van der Waals surface area contributed by atoms with Crippen LogP contribution in [0.2, 0.25) is 0 Å². The maximum Gasteiger partial charge on any atom is 0.0635 e. The van der Waals surface area contributed by atoms with Crippen LogP contribution in [0, 0.1) is 11.3 Å². The van der Waals surface area contributed by atoms with Crippen molar-refractivity contribution in [2.24, 2.45) is 0 Å². The van der Waals surface area contributed by atoms with Crippen LogP contribution in [0.5, 0.6) is 0 Å². The highest BCUT2D eigenvalue weighted by Gasteiger charge is 2.35. The van der Waals surface area contributed by atoms with Gasteiger partial charge in [-0.05, 0) is 36.9 Å². The zero-order valence-corrected chi connectivity index (χ0v) is 11.3. The Balaban J connectivity index is 1.87. The van der Waals surface area contributed by atoms with Gasteiger partial charge in [0.25, 0.3) is 0 Å². The van der Waals surface area contributed by atoms with Crippen molar-refractivity contribution in [3.8, 4) is 6.07 Å². The average Bonchev–Trinajstić information content (AvgIpc) is 3.26. The van der Waals surface area contributed by atoms with Crippen molar-refractivity contribution >= 4 is 0 Å². The summed E-state index contributed by atoms with van der Waals surface area (Å²) in [6, 6.07) is 12.3. The van der Waals surface area contributed by atoms with Gasteiger partial charge in [-0.1, -0.05) is 24.3 Å². The molecule has 0 saturated heterocycles. The van der Waals surface area contributed by atoms with Gasteiger partial charge in [0.05, 0.1) is 6.07 Å². The molecule has 1 N–H and O–H groups in total.